The van der Waals surface area contributed by atoms with E-state index in [0.29, 0.717) is 36.5 Å². The van der Waals surface area contributed by atoms with Crippen molar-refractivity contribution in [3.8, 4) is 0 Å². The Bertz CT molecular complexity index is 632. The van der Waals surface area contributed by atoms with E-state index in [-0.39, 0.29) is 18.1 Å². The molecule has 0 aromatic carbocycles. The minimum atomic E-state index is -0.992. The van der Waals surface area contributed by atoms with Gasteiger partial charge in [0.15, 0.2) is 0 Å². The summed E-state index contributed by atoms with van der Waals surface area (Å²) in [6.07, 6.45) is 4.57. The number of hydrogen-bond acceptors (Lipinski definition) is 3. The lowest BCUT2D eigenvalue weighted by Gasteiger charge is -2.26. The molecule has 1 aromatic heterocycles. The fourth-order valence-corrected chi connectivity index (χ4v) is 3.85. The van der Waals surface area contributed by atoms with Crippen molar-refractivity contribution in [3.63, 3.8) is 0 Å². The molecule has 0 radical (unpaired) electrons. The number of ether oxygens (including phenoxy) is 1. The summed E-state index contributed by atoms with van der Waals surface area (Å²) in [5.41, 5.74) is 1.33. The summed E-state index contributed by atoms with van der Waals surface area (Å²) < 4.78 is 7.21. The highest BCUT2D eigenvalue weighted by atomic mass is 16.5. The maximum atomic E-state index is 13.0. The highest BCUT2D eigenvalue weighted by molar-refractivity contribution is 5.98. The van der Waals surface area contributed by atoms with Crippen LogP contribution in [0.1, 0.15) is 52.2 Å². The number of carboxylic acids is 1. The minimum absolute atomic E-state index is 0.00921. The predicted molar refractivity (Wildman–Crippen MR) is 77.8 cm³/mol. The maximum Gasteiger partial charge on any atom is 0.337 e. The van der Waals surface area contributed by atoms with Gasteiger partial charge >= 0.3 is 5.97 Å². The molecule has 3 aliphatic rings. The molecule has 1 N–H and O–H groups in total. The fourth-order valence-electron chi connectivity index (χ4n) is 3.85. The first-order valence-corrected chi connectivity index (χ1v) is 8.01. The number of rotatable bonds is 3. The topological polar surface area (TPSA) is 71.8 Å². The van der Waals surface area contributed by atoms with Crippen molar-refractivity contribution in [2.24, 2.45) is 5.92 Å². The van der Waals surface area contributed by atoms with Crippen LogP contribution in [-0.2, 0) is 17.9 Å². The standard InChI is InChI=1S/C16H20N2O4/c19-15(18-5-1-2-12(18)10-3-4-10)13-8-11(16(20)21)14-9-22-7-6-17(13)14/h8,10,12H,1-7,9H2,(H,20,21). The van der Waals surface area contributed by atoms with Gasteiger partial charge in [-0.3, -0.25) is 4.79 Å². The van der Waals surface area contributed by atoms with Gasteiger partial charge in [-0.15, -0.1) is 0 Å². The van der Waals surface area contributed by atoms with E-state index < -0.39 is 5.97 Å². The molecule has 2 fully saturated rings. The van der Waals surface area contributed by atoms with Gasteiger partial charge in [-0.1, -0.05) is 0 Å². The summed E-state index contributed by atoms with van der Waals surface area (Å²) in [4.78, 5) is 26.4. The Morgan fingerprint density at radius 2 is 2.05 bits per heavy atom. The van der Waals surface area contributed by atoms with Gasteiger partial charge in [0, 0.05) is 19.1 Å². The molecule has 4 rings (SSSR count). The molecule has 1 amide bonds. The van der Waals surface area contributed by atoms with Crippen molar-refractivity contribution < 1.29 is 19.4 Å². The van der Waals surface area contributed by atoms with Gasteiger partial charge in [-0.25, -0.2) is 4.79 Å². The lowest BCUT2D eigenvalue weighted by molar-refractivity contribution is 0.0633. The SMILES string of the molecule is O=C(O)c1cc(C(=O)N2CCCC2C2CC2)n2c1COCC2. The Hall–Kier alpha value is -1.82. The molecule has 6 heteroatoms. The van der Waals surface area contributed by atoms with Crippen molar-refractivity contribution in [1.82, 2.24) is 9.47 Å². The second-order valence-electron chi connectivity index (χ2n) is 6.44. The number of hydrogen-bond donors (Lipinski definition) is 1. The number of carboxylic acid groups (broad SMARTS) is 1. The summed E-state index contributed by atoms with van der Waals surface area (Å²) >= 11 is 0. The Labute approximate surface area is 128 Å². The molecule has 1 atom stereocenters. The quantitative estimate of drug-likeness (QED) is 0.923. The molecule has 22 heavy (non-hydrogen) atoms. The Morgan fingerprint density at radius 3 is 2.77 bits per heavy atom. The van der Waals surface area contributed by atoms with Gasteiger partial charge in [-0.05, 0) is 37.7 Å². The van der Waals surface area contributed by atoms with Gasteiger partial charge < -0.3 is 19.3 Å². The number of aromatic nitrogens is 1. The zero-order chi connectivity index (χ0) is 15.3. The van der Waals surface area contributed by atoms with E-state index >= 15 is 0 Å². The average molecular weight is 304 g/mol. The smallest absolute Gasteiger partial charge is 0.337 e. The molecule has 0 spiro atoms. The molecule has 118 valence electrons. The third-order valence-electron chi connectivity index (χ3n) is 5.08. The lowest BCUT2D eigenvalue weighted by Crippen LogP contribution is -2.38. The number of fused-ring (bicyclic) bond motifs is 1. The van der Waals surface area contributed by atoms with E-state index in [1.54, 1.807) is 0 Å². The molecule has 1 aromatic rings. The Morgan fingerprint density at radius 1 is 1.23 bits per heavy atom. The van der Waals surface area contributed by atoms with E-state index in [1.807, 2.05) is 9.47 Å². The van der Waals surface area contributed by atoms with Crippen molar-refractivity contribution in [2.45, 2.75) is 44.9 Å². The third-order valence-corrected chi connectivity index (χ3v) is 5.08. The molecule has 1 aliphatic carbocycles. The first-order chi connectivity index (χ1) is 10.7. The Kier molecular flexibility index (Phi) is 3.22. The van der Waals surface area contributed by atoms with Crippen LogP contribution in [-0.4, -0.2) is 45.6 Å². The molecular formula is C16H20N2O4. The van der Waals surface area contributed by atoms with Crippen LogP contribution < -0.4 is 0 Å². The second-order valence-corrected chi connectivity index (χ2v) is 6.44. The van der Waals surface area contributed by atoms with Crippen molar-refractivity contribution in [1.29, 1.82) is 0 Å². The van der Waals surface area contributed by atoms with Crippen molar-refractivity contribution >= 4 is 11.9 Å². The molecule has 0 bridgehead atoms. The van der Waals surface area contributed by atoms with Crippen LogP contribution in [0.15, 0.2) is 6.07 Å². The van der Waals surface area contributed by atoms with Crippen LogP contribution in [0, 0.1) is 5.92 Å². The average Bonchev–Trinajstić information content (AvgIpc) is 3.12. The van der Waals surface area contributed by atoms with E-state index in [1.165, 1.54) is 18.9 Å². The van der Waals surface area contributed by atoms with Crippen LogP contribution in [0.4, 0.5) is 0 Å². The first-order valence-electron chi connectivity index (χ1n) is 8.01. The normalized spacial score (nSPS) is 24.4. The minimum Gasteiger partial charge on any atom is -0.478 e. The molecule has 1 saturated heterocycles. The van der Waals surface area contributed by atoms with Crippen molar-refractivity contribution in [2.75, 3.05) is 13.2 Å². The van der Waals surface area contributed by atoms with Crippen LogP contribution in [0.2, 0.25) is 0 Å². The summed E-state index contributed by atoms with van der Waals surface area (Å²) in [5.74, 6) is -0.344. The Balaban J connectivity index is 1.69. The maximum absolute atomic E-state index is 13.0. The summed E-state index contributed by atoms with van der Waals surface area (Å²) in [5, 5.41) is 9.36. The van der Waals surface area contributed by atoms with E-state index in [4.69, 9.17) is 4.74 Å². The summed E-state index contributed by atoms with van der Waals surface area (Å²) in [6, 6.07) is 1.89. The molecule has 3 heterocycles. The molecule has 1 unspecified atom stereocenters. The molecular weight excluding hydrogens is 284 g/mol. The second kappa shape index (κ2) is 5.12. The van der Waals surface area contributed by atoms with Crippen LogP contribution in [0.5, 0.6) is 0 Å². The largest absolute Gasteiger partial charge is 0.478 e. The molecule has 1 saturated carbocycles. The number of carbonyl (C=O) groups excluding carboxylic acids is 1. The summed E-state index contributed by atoms with van der Waals surface area (Å²) in [7, 11) is 0. The van der Waals surface area contributed by atoms with Gasteiger partial charge in [0.05, 0.1) is 24.5 Å². The third kappa shape index (κ3) is 2.13. The van der Waals surface area contributed by atoms with E-state index in [9.17, 15) is 14.7 Å². The zero-order valence-corrected chi connectivity index (χ0v) is 12.5. The van der Waals surface area contributed by atoms with Gasteiger partial charge in [-0.2, -0.15) is 0 Å². The lowest BCUT2D eigenvalue weighted by atomic mass is 10.1. The number of amides is 1. The summed E-state index contributed by atoms with van der Waals surface area (Å²) in [6.45, 7) is 2.12. The zero-order valence-electron chi connectivity index (χ0n) is 12.5. The van der Waals surface area contributed by atoms with E-state index in [2.05, 4.69) is 0 Å². The molecule has 6 nitrogen and oxygen atoms in total. The van der Waals surface area contributed by atoms with Crippen LogP contribution in [0.3, 0.4) is 0 Å². The molecule has 2 aliphatic heterocycles. The number of likely N-dealkylation sites (tertiary alicyclic amines) is 1. The number of nitrogens with zero attached hydrogens (tertiary/aromatic N) is 2. The highest BCUT2D eigenvalue weighted by Crippen LogP contribution is 2.40. The number of aromatic carboxylic acids is 1. The highest BCUT2D eigenvalue weighted by Gasteiger charge is 2.41. The monoisotopic (exact) mass is 304 g/mol. The van der Waals surface area contributed by atoms with Gasteiger partial charge in [0.1, 0.15) is 5.69 Å². The predicted octanol–water partition coefficient (Wildman–Crippen LogP) is 1.73. The van der Waals surface area contributed by atoms with Crippen LogP contribution in [0.25, 0.3) is 0 Å². The van der Waals surface area contributed by atoms with Crippen molar-refractivity contribution in [3.05, 3.63) is 23.0 Å². The van der Waals surface area contributed by atoms with Gasteiger partial charge in [0.25, 0.3) is 5.91 Å². The van der Waals surface area contributed by atoms with Crippen LogP contribution >= 0.6 is 0 Å². The number of carbonyl (C=O) groups is 2. The van der Waals surface area contributed by atoms with Gasteiger partial charge in [0.2, 0.25) is 0 Å². The fraction of sp³-hybridized carbons (Fsp3) is 0.625. The van der Waals surface area contributed by atoms with E-state index in [0.717, 1.165) is 19.4 Å². The first kappa shape index (κ1) is 13.8.